The fourth-order valence-corrected chi connectivity index (χ4v) is 6.33. The normalized spacial score (nSPS) is 21.2. The maximum absolute atomic E-state index is 15.1. The fraction of sp³-hybridized carbons (Fsp3) is 0.250. The Kier molecular flexibility index (Phi) is 5.59. The molecule has 0 radical (unpaired) electrons. The Labute approximate surface area is 233 Å². The van der Waals surface area contributed by atoms with E-state index in [0.717, 1.165) is 31.2 Å². The first-order chi connectivity index (χ1) is 19.5. The fourth-order valence-electron chi connectivity index (χ4n) is 6.16. The van der Waals surface area contributed by atoms with Gasteiger partial charge in [0.05, 0.1) is 17.3 Å². The van der Waals surface area contributed by atoms with Crippen molar-refractivity contribution in [2.45, 2.75) is 37.9 Å². The molecular formula is C28H18ClF5N6O. The number of rotatable bonds is 4. The molecule has 0 saturated heterocycles. The highest BCUT2D eigenvalue weighted by Crippen LogP contribution is 2.60. The summed E-state index contributed by atoms with van der Waals surface area (Å²) in [6, 6.07) is 10.1. The highest BCUT2D eigenvalue weighted by Gasteiger charge is 2.55. The van der Waals surface area contributed by atoms with Crippen LogP contribution in [-0.2, 0) is 6.18 Å². The van der Waals surface area contributed by atoms with E-state index in [1.165, 1.54) is 17.1 Å². The molecule has 208 valence electrons. The van der Waals surface area contributed by atoms with Crippen LogP contribution in [-0.4, -0.2) is 30.5 Å². The number of halogens is 6. The third kappa shape index (κ3) is 4.03. The molecule has 7 rings (SSSR count). The van der Waals surface area contributed by atoms with Crippen molar-refractivity contribution in [2.24, 2.45) is 10.9 Å². The van der Waals surface area contributed by atoms with Crippen LogP contribution < -0.4 is 5.56 Å². The summed E-state index contributed by atoms with van der Waals surface area (Å²) in [4.78, 5) is 17.6. The van der Waals surface area contributed by atoms with Gasteiger partial charge < -0.3 is 4.57 Å². The van der Waals surface area contributed by atoms with Crippen molar-refractivity contribution in [1.82, 2.24) is 24.8 Å². The quantitative estimate of drug-likeness (QED) is 0.204. The van der Waals surface area contributed by atoms with Crippen LogP contribution in [0.2, 0.25) is 5.02 Å². The van der Waals surface area contributed by atoms with E-state index < -0.39 is 35.1 Å². The minimum Gasteiger partial charge on any atom is -0.303 e. The lowest BCUT2D eigenvalue weighted by Crippen LogP contribution is -2.29. The van der Waals surface area contributed by atoms with Crippen molar-refractivity contribution >= 4 is 22.9 Å². The van der Waals surface area contributed by atoms with E-state index in [0.29, 0.717) is 21.8 Å². The van der Waals surface area contributed by atoms with E-state index in [9.17, 15) is 18.0 Å². The molecule has 4 heterocycles. The van der Waals surface area contributed by atoms with Gasteiger partial charge in [0, 0.05) is 51.5 Å². The van der Waals surface area contributed by atoms with Gasteiger partial charge in [-0.05, 0) is 65.1 Å². The number of nitrogens with zero attached hydrogens (tertiary/aromatic N) is 6. The lowest BCUT2D eigenvalue weighted by molar-refractivity contribution is -0.140. The Balaban J connectivity index is 1.25. The molecule has 3 atom stereocenters. The summed E-state index contributed by atoms with van der Waals surface area (Å²) in [5, 5.41) is 11.7. The van der Waals surface area contributed by atoms with Crippen molar-refractivity contribution in [1.29, 1.82) is 0 Å². The van der Waals surface area contributed by atoms with Crippen molar-refractivity contribution in [2.75, 3.05) is 0 Å². The SMILES string of the molecule is Cc1ccc(C2=C(F)N=C(C3C4CC4c4cc(-c5cc(Cl)ccc5-n5cnnn5)cc(=O)n43)C2)c(F)c1C(F)(F)F. The molecule has 1 saturated carbocycles. The molecule has 1 fully saturated rings. The molecule has 0 bridgehead atoms. The number of tetrazole rings is 1. The number of aryl methyl sites for hydroxylation is 1. The average molecular weight is 585 g/mol. The minimum absolute atomic E-state index is 0.0195. The molecule has 2 aromatic heterocycles. The van der Waals surface area contributed by atoms with Gasteiger partial charge in [0.25, 0.3) is 5.56 Å². The summed E-state index contributed by atoms with van der Waals surface area (Å²) in [7, 11) is 0. The van der Waals surface area contributed by atoms with Crippen LogP contribution in [0.3, 0.4) is 0 Å². The number of alkyl halides is 3. The summed E-state index contributed by atoms with van der Waals surface area (Å²) in [6.45, 7) is 1.15. The van der Waals surface area contributed by atoms with Crippen LogP contribution in [0.15, 0.2) is 64.5 Å². The zero-order valence-electron chi connectivity index (χ0n) is 21.1. The molecule has 0 spiro atoms. The molecule has 3 aliphatic rings. The average Bonchev–Trinajstić information content (AvgIpc) is 3.21. The van der Waals surface area contributed by atoms with Crippen molar-refractivity contribution in [3.63, 3.8) is 0 Å². The lowest BCUT2D eigenvalue weighted by Gasteiger charge is -2.20. The first kappa shape index (κ1) is 25.8. The van der Waals surface area contributed by atoms with E-state index in [4.69, 9.17) is 11.6 Å². The Morgan fingerprint density at radius 2 is 1.85 bits per heavy atom. The number of hydrogen-bond acceptors (Lipinski definition) is 5. The van der Waals surface area contributed by atoms with Gasteiger partial charge in [-0.1, -0.05) is 23.7 Å². The highest BCUT2D eigenvalue weighted by molar-refractivity contribution is 6.31. The van der Waals surface area contributed by atoms with Crippen LogP contribution in [0, 0.1) is 18.7 Å². The van der Waals surface area contributed by atoms with Crippen LogP contribution >= 0.6 is 11.6 Å². The van der Waals surface area contributed by atoms with Crippen LogP contribution in [0.25, 0.3) is 22.4 Å². The van der Waals surface area contributed by atoms with Gasteiger partial charge in [-0.15, -0.1) is 5.10 Å². The van der Waals surface area contributed by atoms with E-state index in [1.807, 2.05) is 6.07 Å². The predicted molar refractivity (Wildman–Crippen MR) is 140 cm³/mol. The molecule has 2 aromatic carbocycles. The molecule has 1 aliphatic carbocycles. The summed E-state index contributed by atoms with van der Waals surface area (Å²) in [5.41, 5.74) is 0.0427. The largest absolute Gasteiger partial charge is 0.419 e. The molecule has 13 heteroatoms. The highest BCUT2D eigenvalue weighted by atomic mass is 35.5. The topological polar surface area (TPSA) is 78.0 Å². The standard InChI is InChI=1S/C28H18ClF5N6O/c1-12-2-4-15(25(30)24(12)28(32,33)34)19-10-20(36-27(19)31)26-18-9-17(18)22-6-13(7-23(41)40(22)26)16-8-14(29)3-5-21(16)39-11-35-37-38-39/h2-8,11,17-18,26H,9-10H2,1H3. The van der Waals surface area contributed by atoms with E-state index in [-0.39, 0.29) is 40.7 Å². The van der Waals surface area contributed by atoms with Gasteiger partial charge in [-0.25, -0.2) is 9.38 Å². The number of pyridine rings is 1. The second kappa shape index (κ2) is 8.90. The molecule has 41 heavy (non-hydrogen) atoms. The Hall–Kier alpha value is -4.19. The number of aliphatic imine (C=N–C) groups is 1. The summed E-state index contributed by atoms with van der Waals surface area (Å²) < 4.78 is 73.7. The van der Waals surface area contributed by atoms with Gasteiger partial charge in [-0.2, -0.15) is 22.2 Å². The molecule has 0 N–H and O–H groups in total. The first-order valence-electron chi connectivity index (χ1n) is 12.7. The van der Waals surface area contributed by atoms with Gasteiger partial charge in [0.2, 0.25) is 5.95 Å². The Morgan fingerprint density at radius 1 is 1.05 bits per heavy atom. The van der Waals surface area contributed by atoms with Crippen LogP contribution in [0.1, 0.15) is 47.2 Å². The molecule has 2 aliphatic heterocycles. The first-order valence-corrected chi connectivity index (χ1v) is 13.0. The van der Waals surface area contributed by atoms with E-state index >= 15 is 8.78 Å². The summed E-state index contributed by atoms with van der Waals surface area (Å²) in [6.07, 6.45) is -2.99. The monoisotopic (exact) mass is 584 g/mol. The minimum atomic E-state index is -4.94. The molecule has 7 nitrogen and oxygen atoms in total. The number of fused-ring (bicyclic) bond motifs is 3. The van der Waals surface area contributed by atoms with Gasteiger partial charge in [-0.3, -0.25) is 4.79 Å². The van der Waals surface area contributed by atoms with Gasteiger partial charge in [0.15, 0.2) is 0 Å². The van der Waals surface area contributed by atoms with Gasteiger partial charge >= 0.3 is 6.18 Å². The second-order valence-electron chi connectivity index (χ2n) is 10.4. The van der Waals surface area contributed by atoms with E-state index in [1.54, 1.807) is 22.8 Å². The van der Waals surface area contributed by atoms with Gasteiger partial charge in [0.1, 0.15) is 12.1 Å². The third-order valence-electron chi connectivity index (χ3n) is 8.02. The zero-order chi connectivity index (χ0) is 28.8. The number of aromatic nitrogens is 5. The number of allylic oxidation sites excluding steroid dienone is 1. The maximum atomic E-state index is 15.1. The molecule has 4 aromatic rings. The molecule has 3 unspecified atom stereocenters. The molecular weight excluding hydrogens is 567 g/mol. The van der Waals surface area contributed by atoms with Crippen molar-refractivity contribution in [3.05, 3.63) is 98.3 Å². The summed E-state index contributed by atoms with van der Waals surface area (Å²) >= 11 is 6.27. The van der Waals surface area contributed by atoms with E-state index in [2.05, 4.69) is 20.5 Å². The Bertz CT molecular complexity index is 1880. The van der Waals surface area contributed by atoms with Crippen molar-refractivity contribution in [3.8, 4) is 16.8 Å². The lowest BCUT2D eigenvalue weighted by atomic mass is 9.94. The Morgan fingerprint density at radius 3 is 2.59 bits per heavy atom. The third-order valence-corrected chi connectivity index (χ3v) is 8.25. The zero-order valence-corrected chi connectivity index (χ0v) is 21.9. The summed E-state index contributed by atoms with van der Waals surface area (Å²) in [5.74, 6) is -2.59. The number of benzene rings is 2. The number of hydrogen-bond donors (Lipinski definition) is 0. The smallest absolute Gasteiger partial charge is 0.303 e. The van der Waals surface area contributed by atoms with Crippen molar-refractivity contribution < 1.29 is 22.0 Å². The second-order valence-corrected chi connectivity index (χ2v) is 10.8. The van der Waals surface area contributed by atoms with Crippen LogP contribution in [0.5, 0.6) is 0 Å². The van der Waals surface area contributed by atoms with Crippen LogP contribution in [0.4, 0.5) is 22.0 Å². The molecule has 0 amide bonds. The predicted octanol–water partition coefficient (Wildman–Crippen LogP) is 6.45. The maximum Gasteiger partial charge on any atom is 0.419 e.